The van der Waals surface area contributed by atoms with Crippen LogP contribution in [0.3, 0.4) is 0 Å². The Kier molecular flexibility index (Phi) is 6.14. The number of nitrogens with one attached hydrogen (secondary N) is 3. The number of hydrogen-bond acceptors (Lipinski definition) is 7. The van der Waals surface area contributed by atoms with E-state index in [9.17, 15) is 4.21 Å². The van der Waals surface area contributed by atoms with Gasteiger partial charge in [0.2, 0.25) is 17.2 Å². The molecule has 6 N–H and O–H groups in total. The van der Waals surface area contributed by atoms with Gasteiger partial charge in [-0.15, -0.1) is 0 Å². The van der Waals surface area contributed by atoms with Crippen LogP contribution in [-0.2, 0) is 17.8 Å². The smallest absolute Gasteiger partial charge is 0.232 e. The molecule has 0 saturated heterocycles. The molecule has 0 aliphatic heterocycles. The fourth-order valence-electron chi connectivity index (χ4n) is 2.21. The van der Waals surface area contributed by atoms with Gasteiger partial charge in [-0.1, -0.05) is 35.9 Å². The molecule has 2 heterocycles. The molecule has 0 bridgehead atoms. The van der Waals surface area contributed by atoms with Gasteiger partial charge in [-0.2, -0.15) is 4.98 Å². The maximum Gasteiger partial charge on any atom is 0.232 e. The van der Waals surface area contributed by atoms with Crippen LogP contribution in [0.25, 0.3) is 0 Å². The molecule has 11 heteroatoms. The highest BCUT2D eigenvalue weighted by molar-refractivity contribution is 7.77. The molecule has 140 valence electrons. The first kappa shape index (κ1) is 19.0. The number of benzene rings is 1. The van der Waals surface area contributed by atoms with Gasteiger partial charge < -0.3 is 16.4 Å². The molecule has 0 amide bonds. The van der Waals surface area contributed by atoms with E-state index >= 15 is 0 Å². The lowest BCUT2D eigenvalue weighted by atomic mass is 10.2. The van der Waals surface area contributed by atoms with Gasteiger partial charge in [0.25, 0.3) is 0 Å². The quantitative estimate of drug-likeness (QED) is 0.378. The summed E-state index contributed by atoms with van der Waals surface area (Å²) < 4.78 is 22.2. The van der Waals surface area contributed by atoms with Gasteiger partial charge in [0.1, 0.15) is 16.7 Å². The fraction of sp³-hybridized carbons (Fsp3) is 0.0625. The Bertz CT molecular complexity index is 973. The second-order valence-electron chi connectivity index (χ2n) is 5.32. The van der Waals surface area contributed by atoms with Crippen LogP contribution in [0, 0.1) is 0 Å². The average Bonchev–Trinajstić information content (AvgIpc) is 2.64. The number of para-hydroxylation sites is 1. The zero-order valence-electron chi connectivity index (χ0n) is 13.9. The van der Waals surface area contributed by atoms with Gasteiger partial charge in [0, 0.05) is 12.2 Å². The van der Waals surface area contributed by atoms with Crippen molar-refractivity contribution in [1.82, 2.24) is 19.7 Å². The summed E-state index contributed by atoms with van der Waals surface area (Å²) in [5.74, 6) is 1.52. The van der Waals surface area contributed by atoms with E-state index in [0.29, 0.717) is 28.2 Å². The van der Waals surface area contributed by atoms with Crippen LogP contribution in [0.5, 0.6) is 0 Å². The topological polar surface area (TPSA) is 138 Å². The minimum absolute atomic E-state index is 0.188. The first-order valence-electron chi connectivity index (χ1n) is 7.72. The number of nitrogens with zero attached hydrogens (tertiary/aromatic N) is 3. The molecule has 3 rings (SSSR count). The van der Waals surface area contributed by atoms with Crippen LogP contribution in [0.4, 0.5) is 29.1 Å². The van der Waals surface area contributed by atoms with Crippen LogP contribution in [0.1, 0.15) is 5.56 Å². The van der Waals surface area contributed by atoms with E-state index < -0.39 is 11.3 Å². The third kappa shape index (κ3) is 5.34. The zero-order chi connectivity index (χ0) is 19.2. The summed E-state index contributed by atoms with van der Waals surface area (Å²) in [5.41, 5.74) is 7.11. The Morgan fingerprint density at radius 3 is 2.70 bits per heavy atom. The molecule has 1 aromatic carbocycles. The van der Waals surface area contributed by atoms with Crippen molar-refractivity contribution in [2.75, 3.05) is 16.4 Å². The number of pyridine rings is 1. The van der Waals surface area contributed by atoms with Gasteiger partial charge in [0.15, 0.2) is 5.82 Å². The largest absolute Gasteiger partial charge is 0.384 e. The monoisotopic (exact) mass is 405 g/mol. The van der Waals surface area contributed by atoms with E-state index in [-0.39, 0.29) is 12.5 Å². The molecule has 1 atom stereocenters. The Labute approximate surface area is 162 Å². The van der Waals surface area contributed by atoms with E-state index in [0.717, 1.165) is 5.56 Å². The lowest BCUT2D eigenvalue weighted by molar-refractivity contribution is 0.549. The number of nitrogens with two attached hydrogens (primary N) is 1. The Morgan fingerprint density at radius 1 is 1.11 bits per heavy atom. The summed E-state index contributed by atoms with van der Waals surface area (Å²) in [4.78, 5) is 12.6. The van der Waals surface area contributed by atoms with E-state index in [1.165, 1.54) is 6.20 Å². The Balaban J connectivity index is 1.82. The van der Waals surface area contributed by atoms with Crippen molar-refractivity contribution in [3.8, 4) is 0 Å². The maximum absolute atomic E-state index is 10.9. The molecular formula is C16H16ClN7O2S. The van der Waals surface area contributed by atoms with Crippen LogP contribution in [0.2, 0.25) is 5.02 Å². The third-order valence-corrected chi connectivity index (χ3v) is 4.08. The molecule has 27 heavy (non-hydrogen) atoms. The lowest BCUT2D eigenvalue weighted by Crippen LogP contribution is -2.16. The second-order valence-corrected chi connectivity index (χ2v) is 6.51. The van der Waals surface area contributed by atoms with Crippen molar-refractivity contribution in [3.05, 3.63) is 59.2 Å². The molecule has 3 aromatic rings. The number of hydrogen-bond donors (Lipinski definition) is 5. The molecule has 2 aromatic heterocycles. The summed E-state index contributed by atoms with van der Waals surface area (Å²) in [5, 5.41) is 6.38. The Hall–Kier alpha value is -2.79. The molecule has 0 radical (unpaired) electrons. The SMILES string of the molecule is Nc1cccc(Nc2ncc(Cl)c(Nc3ccccc3CNS(=O)O)n2)n1. The molecule has 0 saturated carbocycles. The van der Waals surface area contributed by atoms with Gasteiger partial charge in [-0.25, -0.2) is 18.9 Å². The number of anilines is 5. The van der Waals surface area contributed by atoms with E-state index in [4.69, 9.17) is 21.9 Å². The highest BCUT2D eigenvalue weighted by Crippen LogP contribution is 2.26. The number of nitrogen functional groups attached to an aromatic ring is 1. The summed E-state index contributed by atoms with van der Waals surface area (Å²) >= 11 is 4.09. The predicted molar refractivity (Wildman–Crippen MR) is 106 cm³/mol. The van der Waals surface area contributed by atoms with E-state index in [2.05, 4.69) is 30.3 Å². The third-order valence-electron chi connectivity index (χ3n) is 3.41. The normalized spacial score (nSPS) is 11.8. The van der Waals surface area contributed by atoms with Crippen LogP contribution >= 0.6 is 11.6 Å². The van der Waals surface area contributed by atoms with Crippen molar-refractivity contribution < 1.29 is 8.76 Å². The van der Waals surface area contributed by atoms with Crippen LogP contribution < -0.4 is 21.1 Å². The first-order chi connectivity index (χ1) is 13.0. The van der Waals surface area contributed by atoms with Gasteiger partial charge in [-0.3, -0.25) is 4.55 Å². The molecule has 1 unspecified atom stereocenters. The molecular weight excluding hydrogens is 390 g/mol. The molecule has 0 fully saturated rings. The van der Waals surface area contributed by atoms with E-state index in [1.807, 2.05) is 24.3 Å². The standard InChI is InChI=1S/C16H16ClN7O2S/c17-11-9-19-16(23-14-7-3-6-13(18)22-14)24-15(11)21-12-5-2-1-4-10(12)8-20-27(25)26/h1-7,9,20H,8H2,(H,25,26)(H4,18,19,21,22,23,24). The van der Waals surface area contributed by atoms with Gasteiger partial charge in [0.05, 0.1) is 6.20 Å². The highest BCUT2D eigenvalue weighted by atomic mass is 35.5. The molecule has 0 aliphatic rings. The van der Waals surface area contributed by atoms with Gasteiger partial charge in [-0.05, 0) is 23.8 Å². The Morgan fingerprint density at radius 2 is 1.93 bits per heavy atom. The summed E-state index contributed by atoms with van der Waals surface area (Å²) in [7, 11) is 0. The second kappa shape index (κ2) is 8.73. The van der Waals surface area contributed by atoms with Crippen molar-refractivity contribution in [2.24, 2.45) is 0 Å². The maximum atomic E-state index is 10.9. The van der Waals surface area contributed by atoms with Crippen LogP contribution in [-0.4, -0.2) is 23.7 Å². The van der Waals surface area contributed by atoms with Crippen molar-refractivity contribution in [3.63, 3.8) is 0 Å². The van der Waals surface area contributed by atoms with Gasteiger partial charge >= 0.3 is 0 Å². The summed E-state index contributed by atoms with van der Waals surface area (Å²) in [6.45, 7) is 0.188. The number of aromatic nitrogens is 3. The average molecular weight is 406 g/mol. The molecule has 0 aliphatic carbocycles. The van der Waals surface area contributed by atoms with Crippen LogP contribution in [0.15, 0.2) is 48.7 Å². The molecule has 0 spiro atoms. The fourth-order valence-corrected chi connectivity index (χ4v) is 2.63. The number of halogens is 1. The number of rotatable bonds is 7. The van der Waals surface area contributed by atoms with Crippen molar-refractivity contribution in [1.29, 1.82) is 0 Å². The van der Waals surface area contributed by atoms with E-state index in [1.54, 1.807) is 18.2 Å². The lowest BCUT2D eigenvalue weighted by Gasteiger charge is -2.13. The summed E-state index contributed by atoms with van der Waals surface area (Å²) in [6.07, 6.45) is 1.45. The minimum atomic E-state index is -2.11. The first-order valence-corrected chi connectivity index (χ1v) is 9.21. The summed E-state index contributed by atoms with van der Waals surface area (Å²) in [6, 6.07) is 12.4. The predicted octanol–water partition coefficient (Wildman–Crippen LogP) is 2.82. The zero-order valence-corrected chi connectivity index (χ0v) is 15.5. The highest BCUT2D eigenvalue weighted by Gasteiger charge is 2.10. The van der Waals surface area contributed by atoms with Crippen molar-refractivity contribution >= 4 is 52.0 Å². The molecule has 9 nitrogen and oxygen atoms in total. The van der Waals surface area contributed by atoms with Crippen molar-refractivity contribution in [2.45, 2.75) is 6.54 Å². The minimum Gasteiger partial charge on any atom is -0.384 e.